The molecule has 0 unspecified atom stereocenters. The van der Waals surface area contributed by atoms with Crippen molar-refractivity contribution in [3.05, 3.63) is 0 Å². The highest BCUT2D eigenvalue weighted by Gasteiger charge is 1.83. The zero-order valence-corrected chi connectivity index (χ0v) is 8.16. The fourth-order valence-electron chi connectivity index (χ4n) is 0.854. The quantitative estimate of drug-likeness (QED) is 0.417. The van der Waals surface area contributed by atoms with Gasteiger partial charge in [-0.2, -0.15) is 0 Å². The van der Waals surface area contributed by atoms with E-state index in [2.05, 4.69) is 13.5 Å². The second-order valence-electron chi connectivity index (χ2n) is 2.41. The first-order valence-corrected chi connectivity index (χ1v) is 6.33. The van der Waals surface area contributed by atoms with Crippen LogP contribution < -0.4 is 0 Å². The number of rotatable bonds is 5. The van der Waals surface area contributed by atoms with Crippen LogP contribution in [0.1, 0.15) is 32.6 Å². The molecule has 0 amide bonds. The second-order valence-corrected chi connectivity index (χ2v) is 4.12. The molecule has 0 aromatic heterocycles. The zero-order chi connectivity index (χ0) is 6.24. The first-order chi connectivity index (χ1) is 3.91. The van der Waals surface area contributed by atoms with Crippen LogP contribution in [0.15, 0.2) is 0 Å². The summed E-state index contributed by atoms with van der Waals surface area (Å²) in [6.07, 6.45) is 5.83. The van der Waals surface area contributed by atoms with Gasteiger partial charge in [-0.3, -0.25) is 0 Å². The molecule has 0 saturated carbocycles. The molecule has 0 aliphatic rings. The van der Waals surface area contributed by atoms with Crippen LogP contribution in [-0.4, -0.2) is 15.0 Å². The first-order valence-electron chi connectivity index (χ1n) is 3.91. The predicted molar refractivity (Wildman–Crippen MR) is 47.0 cm³/mol. The molecule has 0 aliphatic heterocycles. The summed E-state index contributed by atoms with van der Waals surface area (Å²) >= 11 is 0. The van der Waals surface area contributed by atoms with Gasteiger partial charge in [0.15, 0.2) is 0 Å². The summed E-state index contributed by atoms with van der Waals surface area (Å²) < 4.78 is 0. The highest BCUT2D eigenvalue weighted by Crippen LogP contribution is 2.01. The Kier molecular flexibility index (Phi) is 14.6. The van der Waals surface area contributed by atoms with Crippen molar-refractivity contribution in [1.29, 1.82) is 0 Å². The van der Waals surface area contributed by atoms with E-state index in [0.717, 1.165) is 0 Å². The van der Waals surface area contributed by atoms with Crippen molar-refractivity contribution >= 4 is 9.52 Å². The first kappa shape index (κ1) is 11.9. The summed E-state index contributed by atoms with van der Waals surface area (Å²) in [5.74, 6) is 0. The minimum Gasteiger partial charge on any atom is -0.412 e. The summed E-state index contributed by atoms with van der Waals surface area (Å²) in [7, 11) is 0.386. The van der Waals surface area contributed by atoms with Gasteiger partial charge in [0.25, 0.3) is 0 Å². The zero-order valence-electron chi connectivity index (χ0n) is 6.74. The molecule has 2 N–H and O–H groups in total. The monoisotopic (exact) mass is 148 g/mol. The molecule has 0 saturated heterocycles. The molecular weight excluding hydrogens is 128 g/mol. The molecule has 0 heterocycles. The number of hydrogen-bond donors (Lipinski definition) is 0. The lowest BCUT2D eigenvalue weighted by Gasteiger charge is -1.93. The summed E-state index contributed by atoms with van der Waals surface area (Å²) in [6, 6.07) is 1.57. The van der Waals surface area contributed by atoms with E-state index in [1.807, 2.05) is 0 Å². The maximum absolute atomic E-state index is 2.39. The van der Waals surface area contributed by atoms with Gasteiger partial charge < -0.3 is 5.48 Å². The molecule has 0 bridgehead atoms. The maximum atomic E-state index is 2.39. The molecule has 0 atom stereocenters. The normalized spacial score (nSPS) is 10.0. The molecule has 1 nitrogen and oxygen atoms in total. The highest BCUT2D eigenvalue weighted by atomic mass is 28.2. The Hall–Kier alpha value is 0.177. The van der Waals surface area contributed by atoms with Gasteiger partial charge in [-0.05, 0) is 0 Å². The van der Waals surface area contributed by atoms with Crippen LogP contribution in [0.3, 0.4) is 0 Å². The van der Waals surface area contributed by atoms with E-state index in [4.69, 9.17) is 0 Å². The van der Waals surface area contributed by atoms with E-state index < -0.39 is 0 Å². The van der Waals surface area contributed by atoms with Crippen LogP contribution in [-0.2, 0) is 0 Å². The van der Waals surface area contributed by atoms with Crippen molar-refractivity contribution in [2.45, 2.75) is 45.2 Å². The van der Waals surface area contributed by atoms with Gasteiger partial charge in [0.2, 0.25) is 0 Å². The third-order valence-corrected chi connectivity index (χ3v) is 2.66. The van der Waals surface area contributed by atoms with E-state index >= 15 is 0 Å². The SMILES string of the molecule is CCCCCC[SiH2]C.O. The highest BCUT2D eigenvalue weighted by molar-refractivity contribution is 6.33. The lowest BCUT2D eigenvalue weighted by atomic mass is 10.2. The number of unbranched alkanes of at least 4 members (excludes halogenated alkanes) is 3. The maximum Gasteiger partial charge on any atom is 0.0166 e. The molecule has 58 valence electrons. The van der Waals surface area contributed by atoms with E-state index in [0.29, 0.717) is 9.52 Å². The van der Waals surface area contributed by atoms with E-state index in [1.165, 1.54) is 25.7 Å². The topological polar surface area (TPSA) is 31.5 Å². The van der Waals surface area contributed by atoms with E-state index in [1.54, 1.807) is 6.04 Å². The average Bonchev–Trinajstić information content (AvgIpc) is 1.81. The Morgan fingerprint density at radius 3 is 2.22 bits per heavy atom. The van der Waals surface area contributed by atoms with Crippen LogP contribution in [0.25, 0.3) is 0 Å². The van der Waals surface area contributed by atoms with Crippen LogP contribution in [0.4, 0.5) is 0 Å². The van der Waals surface area contributed by atoms with Gasteiger partial charge in [-0.15, -0.1) is 0 Å². The third kappa shape index (κ3) is 11.6. The minimum absolute atomic E-state index is 0. The van der Waals surface area contributed by atoms with Crippen LogP contribution in [0, 0.1) is 0 Å². The van der Waals surface area contributed by atoms with Gasteiger partial charge in [0.1, 0.15) is 0 Å². The molecular formula is C7H20OSi. The van der Waals surface area contributed by atoms with Crippen molar-refractivity contribution in [2.75, 3.05) is 0 Å². The van der Waals surface area contributed by atoms with Crippen LogP contribution in [0.2, 0.25) is 12.6 Å². The molecule has 0 fully saturated rings. The molecule has 0 radical (unpaired) electrons. The van der Waals surface area contributed by atoms with Crippen molar-refractivity contribution in [2.24, 2.45) is 0 Å². The Balaban J connectivity index is 0. The van der Waals surface area contributed by atoms with E-state index in [-0.39, 0.29) is 5.48 Å². The summed E-state index contributed by atoms with van der Waals surface area (Å²) in [6.45, 7) is 4.66. The van der Waals surface area contributed by atoms with Crippen molar-refractivity contribution in [3.8, 4) is 0 Å². The summed E-state index contributed by atoms with van der Waals surface area (Å²) in [5, 5.41) is 0. The largest absolute Gasteiger partial charge is 0.412 e. The smallest absolute Gasteiger partial charge is 0.0166 e. The van der Waals surface area contributed by atoms with Gasteiger partial charge >= 0.3 is 0 Å². The Morgan fingerprint density at radius 1 is 1.11 bits per heavy atom. The van der Waals surface area contributed by atoms with Gasteiger partial charge in [-0.25, -0.2) is 0 Å². The van der Waals surface area contributed by atoms with Crippen LogP contribution in [0.5, 0.6) is 0 Å². The Labute approximate surface area is 61.0 Å². The predicted octanol–water partition coefficient (Wildman–Crippen LogP) is 1.38. The lowest BCUT2D eigenvalue weighted by molar-refractivity contribution is 0.700. The van der Waals surface area contributed by atoms with Crippen LogP contribution >= 0.6 is 0 Å². The molecule has 0 spiro atoms. The van der Waals surface area contributed by atoms with Crippen molar-refractivity contribution in [3.63, 3.8) is 0 Å². The molecule has 0 rings (SSSR count). The summed E-state index contributed by atoms with van der Waals surface area (Å²) in [4.78, 5) is 0. The molecule has 0 aliphatic carbocycles. The molecule has 2 heteroatoms. The van der Waals surface area contributed by atoms with E-state index in [9.17, 15) is 0 Å². The van der Waals surface area contributed by atoms with Gasteiger partial charge in [0, 0.05) is 9.52 Å². The molecule has 0 aromatic rings. The van der Waals surface area contributed by atoms with Crippen molar-refractivity contribution in [1.82, 2.24) is 0 Å². The Morgan fingerprint density at radius 2 is 1.78 bits per heavy atom. The molecule has 9 heavy (non-hydrogen) atoms. The lowest BCUT2D eigenvalue weighted by Crippen LogP contribution is -1.80. The minimum atomic E-state index is 0. The number of hydrogen-bond acceptors (Lipinski definition) is 0. The van der Waals surface area contributed by atoms with Gasteiger partial charge in [-0.1, -0.05) is 45.2 Å². The average molecular weight is 148 g/mol. The van der Waals surface area contributed by atoms with Crippen molar-refractivity contribution < 1.29 is 5.48 Å². The fourth-order valence-corrected chi connectivity index (χ4v) is 1.71. The second kappa shape index (κ2) is 11.0. The molecule has 0 aromatic carbocycles. The Bertz CT molecular complexity index is 33.9. The van der Waals surface area contributed by atoms with Gasteiger partial charge in [0.05, 0.1) is 0 Å². The summed E-state index contributed by atoms with van der Waals surface area (Å²) in [5.41, 5.74) is 0. The standard InChI is InChI=1S/C7H18Si.H2O/c1-3-4-5-6-7-8-2;/h3-8H2,1-2H3;1H2. The third-order valence-electron chi connectivity index (χ3n) is 1.46. The fraction of sp³-hybridized carbons (Fsp3) is 1.00.